The second-order valence-corrected chi connectivity index (χ2v) is 6.76. The fourth-order valence-electron chi connectivity index (χ4n) is 3.30. The summed E-state index contributed by atoms with van der Waals surface area (Å²) in [6.07, 6.45) is 7.92. The molecular weight excluding hydrogens is 390 g/mol. The van der Waals surface area contributed by atoms with Gasteiger partial charge in [-0.15, -0.1) is 0 Å². The Bertz CT molecular complexity index is 1210. The van der Waals surface area contributed by atoms with Crippen molar-refractivity contribution >= 4 is 22.8 Å². The van der Waals surface area contributed by atoms with Crippen LogP contribution in [-0.2, 0) is 4.74 Å². The van der Waals surface area contributed by atoms with Crippen LogP contribution in [0.1, 0.15) is 15.9 Å². The van der Waals surface area contributed by atoms with Crippen LogP contribution in [0.3, 0.4) is 0 Å². The topological polar surface area (TPSA) is 74.2 Å². The van der Waals surface area contributed by atoms with Gasteiger partial charge in [0.1, 0.15) is 12.9 Å². The molecule has 0 radical (unpaired) electrons. The Morgan fingerprint density at radius 3 is 2.48 bits per heavy atom. The van der Waals surface area contributed by atoms with E-state index in [0.29, 0.717) is 12.2 Å². The molecule has 2 aromatic carbocycles. The van der Waals surface area contributed by atoms with Crippen molar-refractivity contribution in [3.05, 3.63) is 90.5 Å². The highest BCUT2D eigenvalue weighted by Crippen LogP contribution is 2.36. The number of carbonyl (C=O) groups excluding carboxylic acids is 1. The van der Waals surface area contributed by atoms with Crippen molar-refractivity contribution in [1.82, 2.24) is 15.0 Å². The summed E-state index contributed by atoms with van der Waals surface area (Å²) in [6.45, 7) is 0.673. The third-order valence-corrected chi connectivity index (χ3v) is 4.70. The minimum Gasteiger partial charge on any atom is -0.475 e. The van der Waals surface area contributed by atoms with Gasteiger partial charge in [0, 0.05) is 36.0 Å². The summed E-state index contributed by atoms with van der Waals surface area (Å²) in [5.41, 5.74) is 3.60. The van der Waals surface area contributed by atoms with E-state index in [4.69, 9.17) is 9.47 Å². The number of allylic oxidation sites excluding steroid dienone is 1. The maximum absolute atomic E-state index is 13.4. The number of hydrogen-bond donors (Lipinski definition) is 0. The number of pyridine rings is 1. The molecule has 4 rings (SSSR count). The zero-order valence-corrected chi connectivity index (χ0v) is 17.1. The fourth-order valence-corrected chi connectivity index (χ4v) is 3.30. The minimum atomic E-state index is -0.214. The van der Waals surface area contributed by atoms with Crippen LogP contribution in [0.25, 0.3) is 28.1 Å². The molecule has 0 saturated heterocycles. The van der Waals surface area contributed by atoms with E-state index in [0.717, 1.165) is 27.6 Å². The molecule has 0 bridgehead atoms. The van der Waals surface area contributed by atoms with Crippen LogP contribution >= 0.6 is 0 Å². The Kier molecular flexibility index (Phi) is 6.40. The van der Waals surface area contributed by atoms with Crippen molar-refractivity contribution in [3.63, 3.8) is 0 Å². The second kappa shape index (κ2) is 9.73. The third kappa shape index (κ3) is 4.65. The minimum absolute atomic E-state index is 0.214. The first-order valence-corrected chi connectivity index (χ1v) is 9.85. The fraction of sp³-hybridized carbons (Fsp3) is 0.120. The summed E-state index contributed by atoms with van der Waals surface area (Å²) in [5, 5.41) is 0.882. The smallest absolute Gasteiger partial charge is 0.226 e. The molecule has 0 aliphatic carbocycles. The van der Waals surface area contributed by atoms with Gasteiger partial charge < -0.3 is 9.47 Å². The van der Waals surface area contributed by atoms with Gasteiger partial charge in [0.05, 0.1) is 17.7 Å². The summed E-state index contributed by atoms with van der Waals surface area (Å²) in [5.74, 6) is 0.0712. The van der Waals surface area contributed by atoms with Crippen molar-refractivity contribution in [3.8, 4) is 17.0 Å². The number of aromatic nitrogens is 3. The van der Waals surface area contributed by atoms with Crippen molar-refractivity contribution in [1.29, 1.82) is 0 Å². The summed E-state index contributed by atoms with van der Waals surface area (Å²) in [7, 11) is 1.60. The Morgan fingerprint density at radius 2 is 1.71 bits per heavy atom. The van der Waals surface area contributed by atoms with Crippen LogP contribution in [0.15, 0.2) is 79.4 Å². The number of rotatable bonds is 8. The van der Waals surface area contributed by atoms with Crippen molar-refractivity contribution < 1.29 is 14.3 Å². The largest absolute Gasteiger partial charge is 0.475 e. The van der Waals surface area contributed by atoms with Gasteiger partial charge in [-0.3, -0.25) is 4.79 Å². The molecular formula is C25H21N3O3. The molecule has 2 heterocycles. The Hall–Kier alpha value is -3.90. The van der Waals surface area contributed by atoms with Gasteiger partial charge in [-0.2, -0.15) is 0 Å². The monoisotopic (exact) mass is 411 g/mol. The zero-order chi connectivity index (χ0) is 21.5. The lowest BCUT2D eigenvalue weighted by atomic mass is 9.93. The highest BCUT2D eigenvalue weighted by Gasteiger charge is 2.22. The molecule has 0 atom stereocenters. The molecule has 31 heavy (non-hydrogen) atoms. The number of methoxy groups -OCH3 is 1. The SMILES string of the molecule is COCCOc1nc2ccccc2c(-c2ccccc2)c1C(=O)C=Cc1cncnc1. The zero-order valence-electron chi connectivity index (χ0n) is 17.1. The van der Waals surface area contributed by atoms with Gasteiger partial charge in [-0.25, -0.2) is 15.0 Å². The van der Waals surface area contributed by atoms with Gasteiger partial charge >= 0.3 is 0 Å². The molecule has 0 aliphatic heterocycles. The maximum atomic E-state index is 13.4. The van der Waals surface area contributed by atoms with Crippen LogP contribution in [0, 0.1) is 0 Å². The van der Waals surface area contributed by atoms with E-state index in [-0.39, 0.29) is 18.3 Å². The molecule has 0 spiro atoms. The van der Waals surface area contributed by atoms with E-state index in [1.54, 1.807) is 25.6 Å². The van der Waals surface area contributed by atoms with Gasteiger partial charge in [-0.1, -0.05) is 48.5 Å². The normalized spacial score (nSPS) is 11.1. The number of nitrogens with zero attached hydrogens (tertiary/aromatic N) is 3. The molecule has 0 unspecified atom stereocenters. The molecule has 4 aromatic rings. The van der Waals surface area contributed by atoms with E-state index in [1.165, 1.54) is 12.4 Å². The highest BCUT2D eigenvalue weighted by atomic mass is 16.5. The van der Waals surface area contributed by atoms with E-state index in [9.17, 15) is 4.79 Å². The maximum Gasteiger partial charge on any atom is 0.226 e. The predicted octanol–water partition coefficient (Wildman–Crippen LogP) is 4.61. The highest BCUT2D eigenvalue weighted by molar-refractivity contribution is 6.16. The molecule has 6 heteroatoms. The van der Waals surface area contributed by atoms with E-state index in [1.807, 2.05) is 54.6 Å². The molecule has 0 N–H and O–H groups in total. The van der Waals surface area contributed by atoms with Crippen molar-refractivity contribution in [2.24, 2.45) is 0 Å². The number of carbonyl (C=O) groups is 1. The molecule has 154 valence electrons. The molecule has 0 fully saturated rings. The summed E-state index contributed by atoms with van der Waals surface area (Å²) >= 11 is 0. The van der Waals surface area contributed by atoms with Crippen molar-refractivity contribution in [2.75, 3.05) is 20.3 Å². The van der Waals surface area contributed by atoms with Crippen LogP contribution in [0.4, 0.5) is 0 Å². The first-order chi connectivity index (χ1) is 15.3. The van der Waals surface area contributed by atoms with Gasteiger partial charge in [0.25, 0.3) is 0 Å². The summed E-state index contributed by atoms with van der Waals surface area (Å²) < 4.78 is 11.0. The quantitative estimate of drug-likeness (QED) is 0.239. The lowest BCUT2D eigenvalue weighted by Gasteiger charge is -2.16. The van der Waals surface area contributed by atoms with Gasteiger partial charge in [0.15, 0.2) is 5.78 Å². The average molecular weight is 411 g/mol. The molecule has 0 aliphatic rings. The number of fused-ring (bicyclic) bond motifs is 1. The number of hydrogen-bond acceptors (Lipinski definition) is 6. The molecule has 0 saturated carbocycles. The second-order valence-electron chi connectivity index (χ2n) is 6.76. The van der Waals surface area contributed by atoms with Crippen LogP contribution in [-0.4, -0.2) is 41.1 Å². The van der Waals surface area contributed by atoms with Gasteiger partial charge in [-0.05, 0) is 23.8 Å². The van der Waals surface area contributed by atoms with Crippen molar-refractivity contribution in [2.45, 2.75) is 0 Å². The third-order valence-electron chi connectivity index (χ3n) is 4.70. The Balaban J connectivity index is 1.90. The number of para-hydroxylation sites is 1. The first-order valence-electron chi connectivity index (χ1n) is 9.85. The number of ether oxygens (including phenoxy) is 2. The number of benzene rings is 2. The van der Waals surface area contributed by atoms with Crippen LogP contribution in [0.2, 0.25) is 0 Å². The standard InChI is InChI=1S/C25H21N3O3/c1-30-13-14-31-25-24(22(29)12-11-18-15-26-17-27-16-18)23(19-7-3-2-4-8-19)20-9-5-6-10-21(20)28-25/h2-12,15-17H,13-14H2,1H3. The lowest BCUT2D eigenvalue weighted by molar-refractivity contribution is 0.103. The molecule has 6 nitrogen and oxygen atoms in total. The summed E-state index contributed by atoms with van der Waals surface area (Å²) in [6, 6.07) is 17.5. The molecule has 2 aromatic heterocycles. The number of ketones is 1. The molecule has 0 amide bonds. The lowest BCUT2D eigenvalue weighted by Crippen LogP contribution is -2.11. The first kappa shape index (κ1) is 20.4. The Labute approximate surface area is 180 Å². The van der Waals surface area contributed by atoms with Crippen LogP contribution < -0.4 is 4.74 Å². The van der Waals surface area contributed by atoms with Gasteiger partial charge in [0.2, 0.25) is 5.88 Å². The average Bonchev–Trinajstić information content (AvgIpc) is 2.83. The Morgan fingerprint density at radius 1 is 0.968 bits per heavy atom. The predicted molar refractivity (Wildman–Crippen MR) is 120 cm³/mol. The van der Waals surface area contributed by atoms with E-state index < -0.39 is 0 Å². The van der Waals surface area contributed by atoms with Crippen LogP contribution in [0.5, 0.6) is 5.88 Å². The van der Waals surface area contributed by atoms with E-state index in [2.05, 4.69) is 15.0 Å². The van der Waals surface area contributed by atoms with E-state index >= 15 is 0 Å². The summed E-state index contributed by atoms with van der Waals surface area (Å²) in [4.78, 5) is 26.1.